The maximum atomic E-state index is 5.78. The number of rotatable bonds is 5. The van der Waals surface area contributed by atoms with E-state index in [0.29, 0.717) is 5.88 Å². The van der Waals surface area contributed by atoms with Crippen molar-refractivity contribution in [3.63, 3.8) is 0 Å². The molecule has 17 heavy (non-hydrogen) atoms. The lowest BCUT2D eigenvalue weighted by Gasteiger charge is -2.21. The van der Waals surface area contributed by atoms with Crippen molar-refractivity contribution in [2.24, 2.45) is 0 Å². The number of nitrogens with one attached hydrogen (secondary N) is 1. The van der Waals surface area contributed by atoms with Gasteiger partial charge in [0.1, 0.15) is 17.2 Å². The van der Waals surface area contributed by atoms with Crippen molar-refractivity contribution in [3.05, 3.63) is 11.9 Å². The van der Waals surface area contributed by atoms with Gasteiger partial charge in [0.15, 0.2) is 0 Å². The van der Waals surface area contributed by atoms with E-state index < -0.39 is 0 Å². The highest BCUT2D eigenvalue weighted by Crippen LogP contribution is 2.19. The predicted molar refractivity (Wildman–Crippen MR) is 70.6 cm³/mol. The van der Waals surface area contributed by atoms with Gasteiger partial charge < -0.3 is 10.1 Å². The van der Waals surface area contributed by atoms with Gasteiger partial charge in [0.25, 0.3) is 0 Å². The van der Waals surface area contributed by atoms with Crippen LogP contribution in [0.4, 0.5) is 5.82 Å². The summed E-state index contributed by atoms with van der Waals surface area (Å²) in [7, 11) is 0. The second-order valence-electron chi connectivity index (χ2n) is 5.00. The van der Waals surface area contributed by atoms with Crippen molar-refractivity contribution < 1.29 is 4.74 Å². The summed E-state index contributed by atoms with van der Waals surface area (Å²) in [4.78, 5) is 8.86. The number of ether oxygens (including phenoxy) is 1. The van der Waals surface area contributed by atoms with E-state index in [-0.39, 0.29) is 5.60 Å². The van der Waals surface area contributed by atoms with Crippen LogP contribution in [0.5, 0.6) is 5.88 Å². The van der Waals surface area contributed by atoms with E-state index in [0.717, 1.165) is 31.0 Å². The molecule has 4 heteroatoms. The Hall–Kier alpha value is -1.32. The standard InChI is InChI=1S/C13H23N3O/c1-6-8-10-15-11(14-7-2)9-12(16-10)17-13(3,4)5/h9H,6-8H2,1-5H3,(H,14,15,16). The third-order valence-electron chi connectivity index (χ3n) is 1.99. The number of anilines is 1. The molecule has 0 saturated heterocycles. The minimum absolute atomic E-state index is 0.235. The summed E-state index contributed by atoms with van der Waals surface area (Å²) in [6, 6.07) is 1.86. The molecule has 1 rings (SSSR count). The average molecular weight is 237 g/mol. The zero-order valence-corrected chi connectivity index (χ0v) is 11.5. The summed E-state index contributed by atoms with van der Waals surface area (Å²) < 4.78 is 5.78. The molecule has 1 N–H and O–H groups in total. The molecular formula is C13H23N3O. The third kappa shape index (κ3) is 5.02. The molecule has 0 aromatic carbocycles. The van der Waals surface area contributed by atoms with E-state index in [4.69, 9.17) is 4.74 Å². The molecule has 0 fully saturated rings. The molecule has 96 valence electrons. The van der Waals surface area contributed by atoms with E-state index in [9.17, 15) is 0 Å². The Balaban J connectivity index is 2.94. The largest absolute Gasteiger partial charge is 0.472 e. The lowest BCUT2D eigenvalue weighted by Crippen LogP contribution is -2.24. The summed E-state index contributed by atoms with van der Waals surface area (Å²) in [5.74, 6) is 2.32. The van der Waals surface area contributed by atoms with Crippen molar-refractivity contribution in [2.45, 2.75) is 53.1 Å². The van der Waals surface area contributed by atoms with Crippen LogP contribution in [0, 0.1) is 0 Å². The molecule has 4 nitrogen and oxygen atoms in total. The maximum Gasteiger partial charge on any atom is 0.219 e. The van der Waals surface area contributed by atoms with Gasteiger partial charge in [-0.1, -0.05) is 6.92 Å². The molecule has 0 saturated carbocycles. The highest BCUT2D eigenvalue weighted by atomic mass is 16.5. The van der Waals surface area contributed by atoms with Gasteiger partial charge in [-0.3, -0.25) is 0 Å². The first-order chi connectivity index (χ1) is 7.94. The van der Waals surface area contributed by atoms with Crippen LogP contribution in [0.1, 0.15) is 46.9 Å². The van der Waals surface area contributed by atoms with Gasteiger partial charge >= 0.3 is 0 Å². The first-order valence-electron chi connectivity index (χ1n) is 6.25. The summed E-state index contributed by atoms with van der Waals surface area (Å²) in [6.45, 7) is 11.1. The van der Waals surface area contributed by atoms with Gasteiger partial charge in [-0.15, -0.1) is 0 Å². The van der Waals surface area contributed by atoms with Crippen molar-refractivity contribution >= 4 is 5.82 Å². The molecule has 0 unspecified atom stereocenters. The van der Waals surface area contributed by atoms with Crippen LogP contribution in [0.15, 0.2) is 6.07 Å². The van der Waals surface area contributed by atoms with E-state index in [2.05, 4.69) is 22.2 Å². The SMILES string of the molecule is CCCc1nc(NCC)cc(OC(C)(C)C)n1. The maximum absolute atomic E-state index is 5.78. The molecular weight excluding hydrogens is 214 g/mol. The topological polar surface area (TPSA) is 47.0 Å². The van der Waals surface area contributed by atoms with Crippen LogP contribution in [0.25, 0.3) is 0 Å². The average Bonchev–Trinajstić information content (AvgIpc) is 2.15. The molecule has 0 bridgehead atoms. The van der Waals surface area contributed by atoms with Crippen LogP contribution in [0.2, 0.25) is 0 Å². The molecule has 0 atom stereocenters. The predicted octanol–water partition coefficient (Wildman–Crippen LogP) is 3.04. The fraction of sp³-hybridized carbons (Fsp3) is 0.692. The fourth-order valence-electron chi connectivity index (χ4n) is 1.45. The normalized spacial score (nSPS) is 11.4. The van der Waals surface area contributed by atoms with Crippen LogP contribution >= 0.6 is 0 Å². The Morgan fingerprint density at radius 1 is 1.24 bits per heavy atom. The molecule has 1 heterocycles. The Bertz CT molecular complexity index is 334. The summed E-state index contributed by atoms with van der Waals surface area (Å²) in [5.41, 5.74) is -0.235. The van der Waals surface area contributed by atoms with Gasteiger partial charge in [-0.05, 0) is 34.1 Å². The highest BCUT2D eigenvalue weighted by molar-refractivity contribution is 5.38. The van der Waals surface area contributed by atoms with E-state index in [1.165, 1.54) is 0 Å². The summed E-state index contributed by atoms with van der Waals surface area (Å²) in [6.07, 6.45) is 1.91. The van der Waals surface area contributed by atoms with Gasteiger partial charge in [-0.2, -0.15) is 4.98 Å². The second-order valence-corrected chi connectivity index (χ2v) is 5.00. The lowest BCUT2D eigenvalue weighted by molar-refractivity contribution is 0.123. The number of aryl methyl sites for hydroxylation is 1. The minimum atomic E-state index is -0.235. The molecule has 1 aromatic rings. The molecule has 0 aliphatic rings. The zero-order valence-electron chi connectivity index (χ0n) is 11.5. The number of aromatic nitrogens is 2. The Morgan fingerprint density at radius 2 is 1.94 bits per heavy atom. The van der Waals surface area contributed by atoms with Crippen molar-refractivity contribution in [3.8, 4) is 5.88 Å². The van der Waals surface area contributed by atoms with E-state index >= 15 is 0 Å². The minimum Gasteiger partial charge on any atom is -0.472 e. The van der Waals surface area contributed by atoms with Crippen LogP contribution in [-0.2, 0) is 6.42 Å². The number of nitrogens with zero attached hydrogens (tertiary/aromatic N) is 2. The molecule has 0 aliphatic heterocycles. The molecule has 0 spiro atoms. The number of hydrogen-bond donors (Lipinski definition) is 1. The molecule has 1 aromatic heterocycles. The summed E-state index contributed by atoms with van der Waals surface area (Å²) in [5, 5.41) is 3.20. The summed E-state index contributed by atoms with van der Waals surface area (Å²) >= 11 is 0. The molecule has 0 radical (unpaired) electrons. The molecule has 0 amide bonds. The van der Waals surface area contributed by atoms with Gasteiger partial charge in [-0.25, -0.2) is 4.98 Å². The highest BCUT2D eigenvalue weighted by Gasteiger charge is 2.14. The van der Waals surface area contributed by atoms with Gasteiger partial charge in [0.2, 0.25) is 5.88 Å². The smallest absolute Gasteiger partial charge is 0.219 e. The monoisotopic (exact) mass is 237 g/mol. The number of hydrogen-bond acceptors (Lipinski definition) is 4. The Morgan fingerprint density at radius 3 is 2.47 bits per heavy atom. The quantitative estimate of drug-likeness (QED) is 0.855. The lowest BCUT2D eigenvalue weighted by atomic mass is 10.2. The van der Waals surface area contributed by atoms with Crippen LogP contribution in [-0.4, -0.2) is 22.1 Å². The van der Waals surface area contributed by atoms with E-state index in [1.54, 1.807) is 0 Å². The van der Waals surface area contributed by atoms with E-state index in [1.807, 2.05) is 33.8 Å². The van der Waals surface area contributed by atoms with Crippen LogP contribution < -0.4 is 10.1 Å². The molecule has 0 aliphatic carbocycles. The van der Waals surface area contributed by atoms with Crippen molar-refractivity contribution in [2.75, 3.05) is 11.9 Å². The second kappa shape index (κ2) is 5.84. The van der Waals surface area contributed by atoms with Crippen LogP contribution in [0.3, 0.4) is 0 Å². The van der Waals surface area contributed by atoms with Gasteiger partial charge in [0, 0.05) is 19.0 Å². The first-order valence-corrected chi connectivity index (χ1v) is 6.25. The Kier molecular flexibility index (Phi) is 4.73. The first kappa shape index (κ1) is 13.7. The van der Waals surface area contributed by atoms with Crippen molar-refractivity contribution in [1.82, 2.24) is 9.97 Å². The van der Waals surface area contributed by atoms with Crippen molar-refractivity contribution in [1.29, 1.82) is 0 Å². The Labute approximate surface area is 104 Å². The fourth-order valence-corrected chi connectivity index (χ4v) is 1.45. The third-order valence-corrected chi connectivity index (χ3v) is 1.99. The van der Waals surface area contributed by atoms with Gasteiger partial charge in [0.05, 0.1) is 0 Å². The zero-order chi connectivity index (χ0) is 12.9.